The van der Waals surface area contributed by atoms with Crippen LogP contribution in [0.2, 0.25) is 5.02 Å². The zero-order valence-corrected chi connectivity index (χ0v) is 16.0. The number of pyridine rings is 1. The summed E-state index contributed by atoms with van der Waals surface area (Å²) < 4.78 is 29.5. The van der Waals surface area contributed by atoms with E-state index >= 15 is 0 Å². The quantitative estimate of drug-likeness (QED) is 0.539. The number of nitrogens with zero attached hydrogens (tertiary/aromatic N) is 2. The van der Waals surface area contributed by atoms with Crippen molar-refractivity contribution < 1.29 is 8.42 Å². The molecule has 27 heavy (non-hydrogen) atoms. The van der Waals surface area contributed by atoms with Crippen molar-refractivity contribution in [1.29, 1.82) is 0 Å². The van der Waals surface area contributed by atoms with Gasteiger partial charge in [-0.2, -0.15) is 0 Å². The van der Waals surface area contributed by atoms with Gasteiger partial charge in [0.1, 0.15) is 5.65 Å². The molecule has 0 saturated carbocycles. The largest absolute Gasteiger partial charge is 0.306 e. The minimum Gasteiger partial charge on any atom is -0.306 e. The number of sulfonamides is 1. The zero-order chi connectivity index (χ0) is 19.0. The first-order valence-corrected chi connectivity index (χ1v) is 10.1. The molecule has 0 atom stereocenters. The van der Waals surface area contributed by atoms with Crippen LogP contribution in [-0.4, -0.2) is 17.8 Å². The van der Waals surface area contributed by atoms with Crippen LogP contribution >= 0.6 is 11.6 Å². The second-order valence-electron chi connectivity index (χ2n) is 6.18. The lowest BCUT2D eigenvalue weighted by atomic mass is 10.1. The summed E-state index contributed by atoms with van der Waals surface area (Å²) >= 11 is 5.81. The minimum absolute atomic E-state index is 0.159. The van der Waals surface area contributed by atoms with Gasteiger partial charge in [0.05, 0.1) is 10.6 Å². The van der Waals surface area contributed by atoms with Crippen molar-refractivity contribution in [3.8, 4) is 11.3 Å². The van der Waals surface area contributed by atoms with Crippen molar-refractivity contribution in [1.82, 2.24) is 9.38 Å². The summed E-state index contributed by atoms with van der Waals surface area (Å²) in [6, 6.07) is 17.2. The highest BCUT2D eigenvalue weighted by atomic mass is 35.5. The monoisotopic (exact) mass is 397 g/mol. The van der Waals surface area contributed by atoms with Crippen LogP contribution in [0.25, 0.3) is 16.9 Å². The molecule has 0 radical (unpaired) electrons. The van der Waals surface area contributed by atoms with Crippen molar-refractivity contribution in [2.45, 2.75) is 11.8 Å². The SMILES string of the molecule is Cc1cccn2cc(-c3ccc(NS(=O)(=O)c4ccc(Cl)cc4)cc3)nc12. The summed E-state index contributed by atoms with van der Waals surface area (Å²) in [5.41, 5.74) is 4.22. The molecule has 7 heteroatoms. The Balaban J connectivity index is 1.60. The van der Waals surface area contributed by atoms with E-state index in [2.05, 4.69) is 9.71 Å². The first-order valence-electron chi connectivity index (χ1n) is 8.25. The van der Waals surface area contributed by atoms with Gasteiger partial charge >= 0.3 is 0 Å². The molecule has 0 spiro atoms. The van der Waals surface area contributed by atoms with Crippen LogP contribution in [0.4, 0.5) is 5.69 Å². The summed E-state index contributed by atoms with van der Waals surface area (Å²) in [5.74, 6) is 0. The number of imidazole rings is 1. The first-order chi connectivity index (χ1) is 12.9. The molecule has 0 unspecified atom stereocenters. The Bertz CT molecular complexity index is 1210. The van der Waals surface area contributed by atoms with Gasteiger partial charge in [0, 0.05) is 28.7 Å². The van der Waals surface area contributed by atoms with Crippen LogP contribution in [0.15, 0.2) is 78.0 Å². The molecular formula is C20H16ClN3O2S. The summed E-state index contributed by atoms with van der Waals surface area (Å²) in [6.07, 6.45) is 3.91. The lowest BCUT2D eigenvalue weighted by Gasteiger charge is -2.08. The number of rotatable bonds is 4. The Morgan fingerprint density at radius 3 is 2.37 bits per heavy atom. The van der Waals surface area contributed by atoms with Crippen molar-refractivity contribution in [3.05, 3.63) is 83.6 Å². The molecule has 1 N–H and O–H groups in total. The Labute approximate surface area is 162 Å². The zero-order valence-electron chi connectivity index (χ0n) is 14.4. The molecule has 5 nitrogen and oxygen atoms in total. The van der Waals surface area contributed by atoms with E-state index in [9.17, 15) is 8.42 Å². The predicted octanol–water partition coefficient (Wildman–Crippen LogP) is 4.76. The standard InChI is InChI=1S/C20H16ClN3O2S/c1-14-3-2-12-24-13-19(22-20(14)24)15-4-8-17(9-5-15)23-27(25,26)18-10-6-16(21)7-11-18/h2-13,23H,1H3. The van der Waals surface area contributed by atoms with E-state index in [1.165, 1.54) is 12.1 Å². The van der Waals surface area contributed by atoms with Gasteiger partial charge < -0.3 is 4.40 Å². The van der Waals surface area contributed by atoms with Gasteiger partial charge in [-0.05, 0) is 55.0 Å². The molecule has 0 aliphatic heterocycles. The molecule has 136 valence electrons. The smallest absolute Gasteiger partial charge is 0.261 e. The number of nitrogens with one attached hydrogen (secondary N) is 1. The highest BCUT2D eigenvalue weighted by Gasteiger charge is 2.14. The maximum Gasteiger partial charge on any atom is 0.261 e. The van der Waals surface area contributed by atoms with E-state index < -0.39 is 10.0 Å². The van der Waals surface area contributed by atoms with Gasteiger partial charge in [-0.25, -0.2) is 13.4 Å². The van der Waals surface area contributed by atoms with E-state index in [1.807, 2.05) is 48.0 Å². The number of benzene rings is 2. The Hall–Kier alpha value is -2.83. The van der Waals surface area contributed by atoms with Crippen LogP contribution in [0, 0.1) is 6.92 Å². The summed E-state index contributed by atoms with van der Waals surface area (Å²) in [6.45, 7) is 2.01. The van der Waals surface area contributed by atoms with Crippen molar-refractivity contribution in [2.24, 2.45) is 0 Å². The highest BCUT2D eigenvalue weighted by molar-refractivity contribution is 7.92. The maximum absolute atomic E-state index is 12.5. The van der Waals surface area contributed by atoms with Crippen LogP contribution in [-0.2, 0) is 10.0 Å². The van der Waals surface area contributed by atoms with E-state index in [4.69, 9.17) is 11.6 Å². The summed E-state index contributed by atoms with van der Waals surface area (Å²) in [7, 11) is -3.66. The molecular weight excluding hydrogens is 382 g/mol. The number of hydrogen-bond donors (Lipinski definition) is 1. The van der Waals surface area contributed by atoms with Crippen LogP contribution in [0.3, 0.4) is 0 Å². The minimum atomic E-state index is -3.66. The highest BCUT2D eigenvalue weighted by Crippen LogP contribution is 2.24. The molecule has 4 aromatic rings. The van der Waals surface area contributed by atoms with E-state index in [0.717, 1.165) is 22.5 Å². The van der Waals surface area contributed by atoms with E-state index in [1.54, 1.807) is 24.3 Å². The number of aromatic nitrogens is 2. The second-order valence-corrected chi connectivity index (χ2v) is 8.30. The molecule has 0 saturated heterocycles. The Kier molecular flexibility index (Phi) is 4.37. The normalized spacial score (nSPS) is 11.6. The fraction of sp³-hybridized carbons (Fsp3) is 0.0500. The van der Waals surface area contributed by atoms with Crippen LogP contribution < -0.4 is 4.72 Å². The van der Waals surface area contributed by atoms with E-state index in [0.29, 0.717) is 10.7 Å². The van der Waals surface area contributed by atoms with Crippen molar-refractivity contribution >= 4 is 33.0 Å². The number of anilines is 1. The molecule has 0 fully saturated rings. The summed E-state index contributed by atoms with van der Waals surface area (Å²) in [4.78, 5) is 4.81. The van der Waals surface area contributed by atoms with Gasteiger partial charge in [0.2, 0.25) is 0 Å². The van der Waals surface area contributed by atoms with Crippen molar-refractivity contribution in [2.75, 3.05) is 4.72 Å². The summed E-state index contributed by atoms with van der Waals surface area (Å²) in [5, 5.41) is 0.487. The molecule has 0 aliphatic rings. The number of halogens is 1. The van der Waals surface area contributed by atoms with Gasteiger partial charge in [-0.1, -0.05) is 29.8 Å². The fourth-order valence-electron chi connectivity index (χ4n) is 2.83. The van der Waals surface area contributed by atoms with Gasteiger partial charge in [-0.15, -0.1) is 0 Å². The molecule has 2 aromatic heterocycles. The van der Waals surface area contributed by atoms with Crippen molar-refractivity contribution in [3.63, 3.8) is 0 Å². The van der Waals surface area contributed by atoms with E-state index in [-0.39, 0.29) is 4.90 Å². The molecule has 0 bridgehead atoms. The lowest BCUT2D eigenvalue weighted by Crippen LogP contribution is -2.12. The first kappa shape index (κ1) is 17.6. The Morgan fingerprint density at radius 2 is 1.70 bits per heavy atom. The van der Waals surface area contributed by atoms with Crippen LogP contribution in [0.5, 0.6) is 0 Å². The number of fused-ring (bicyclic) bond motifs is 1. The fourth-order valence-corrected chi connectivity index (χ4v) is 4.01. The average molecular weight is 398 g/mol. The van der Waals surface area contributed by atoms with Gasteiger partial charge in [0.15, 0.2) is 0 Å². The van der Waals surface area contributed by atoms with Crippen LogP contribution in [0.1, 0.15) is 5.56 Å². The third kappa shape index (κ3) is 3.54. The molecule has 0 amide bonds. The number of aryl methyl sites for hydroxylation is 1. The third-order valence-electron chi connectivity index (χ3n) is 4.23. The molecule has 2 heterocycles. The third-order valence-corrected chi connectivity index (χ3v) is 5.88. The van der Waals surface area contributed by atoms with Gasteiger partial charge in [0.25, 0.3) is 10.0 Å². The molecule has 4 rings (SSSR count). The second kappa shape index (κ2) is 6.72. The number of hydrogen-bond acceptors (Lipinski definition) is 3. The lowest BCUT2D eigenvalue weighted by molar-refractivity contribution is 0.601. The molecule has 0 aliphatic carbocycles. The van der Waals surface area contributed by atoms with Gasteiger partial charge in [-0.3, -0.25) is 4.72 Å². The molecule has 2 aromatic carbocycles. The predicted molar refractivity (Wildman–Crippen MR) is 108 cm³/mol. The maximum atomic E-state index is 12.5. The Morgan fingerprint density at radius 1 is 1.00 bits per heavy atom. The topological polar surface area (TPSA) is 63.5 Å². The average Bonchev–Trinajstić information content (AvgIpc) is 3.08.